The van der Waals surface area contributed by atoms with Crippen LogP contribution in [-0.4, -0.2) is 33.4 Å². The Morgan fingerprint density at radius 2 is 2.08 bits per heavy atom. The Balaban J connectivity index is 1.64. The van der Waals surface area contributed by atoms with E-state index in [9.17, 15) is 4.79 Å². The number of benzene rings is 1. The Kier molecular flexibility index (Phi) is 4.36. The first-order chi connectivity index (χ1) is 12.1. The van der Waals surface area contributed by atoms with Crippen LogP contribution in [0.1, 0.15) is 63.7 Å². The van der Waals surface area contributed by atoms with Crippen LogP contribution in [-0.2, 0) is 4.79 Å². The third kappa shape index (κ3) is 2.99. The summed E-state index contributed by atoms with van der Waals surface area (Å²) < 4.78 is 2.36. The molecule has 4 heteroatoms. The fourth-order valence-electron chi connectivity index (χ4n) is 4.33. The molecular formula is C21H27N3O. The van der Waals surface area contributed by atoms with Gasteiger partial charge in [0.25, 0.3) is 0 Å². The fourth-order valence-corrected chi connectivity index (χ4v) is 4.33. The molecule has 1 atom stereocenters. The number of allylic oxidation sites excluding steroid dienone is 1. The standard InChI is InChI=1S/C21H27N3O/c1-15(2)24-19-12-6-5-11-18(19)22-20(24)17-10-7-13-23(14-17)21(25)16-8-3-4-9-16/h5-6,8,11-12,15,17H,3-4,7,9-10,13-14H2,1-2H3/t17-/m1/s1. The van der Waals surface area contributed by atoms with Crippen molar-refractivity contribution in [2.45, 2.75) is 57.9 Å². The van der Waals surface area contributed by atoms with Crippen molar-refractivity contribution < 1.29 is 4.79 Å². The van der Waals surface area contributed by atoms with Crippen LogP contribution in [0.15, 0.2) is 35.9 Å². The van der Waals surface area contributed by atoms with E-state index in [-0.39, 0.29) is 5.91 Å². The minimum atomic E-state index is 0.259. The molecule has 25 heavy (non-hydrogen) atoms. The zero-order valence-electron chi connectivity index (χ0n) is 15.2. The SMILES string of the molecule is CC(C)n1c([C@@H]2CCCN(C(=O)C3=CCCC3)C2)nc2ccccc21. The maximum absolute atomic E-state index is 12.8. The molecule has 0 spiro atoms. The molecule has 4 rings (SSSR count). The summed E-state index contributed by atoms with van der Waals surface area (Å²) in [5.74, 6) is 1.73. The van der Waals surface area contributed by atoms with Gasteiger partial charge in [0.2, 0.25) is 5.91 Å². The van der Waals surface area contributed by atoms with Gasteiger partial charge in [-0.15, -0.1) is 0 Å². The quantitative estimate of drug-likeness (QED) is 0.831. The maximum atomic E-state index is 12.8. The molecule has 2 heterocycles. The zero-order valence-corrected chi connectivity index (χ0v) is 15.2. The predicted molar refractivity (Wildman–Crippen MR) is 101 cm³/mol. The van der Waals surface area contributed by atoms with Crippen molar-refractivity contribution in [1.29, 1.82) is 0 Å². The second-order valence-corrected chi connectivity index (χ2v) is 7.63. The molecule has 1 aliphatic heterocycles. The van der Waals surface area contributed by atoms with E-state index in [1.54, 1.807) is 0 Å². The molecule has 1 amide bonds. The monoisotopic (exact) mass is 337 g/mol. The predicted octanol–water partition coefficient (Wildman–Crippen LogP) is 4.43. The van der Waals surface area contributed by atoms with Gasteiger partial charge in [-0.05, 0) is 58.1 Å². The summed E-state index contributed by atoms with van der Waals surface area (Å²) in [7, 11) is 0. The van der Waals surface area contributed by atoms with Crippen LogP contribution in [0.3, 0.4) is 0 Å². The summed E-state index contributed by atoms with van der Waals surface area (Å²) in [4.78, 5) is 19.8. The number of aromatic nitrogens is 2. The van der Waals surface area contributed by atoms with Gasteiger partial charge in [0.05, 0.1) is 11.0 Å². The molecule has 132 valence electrons. The highest BCUT2D eigenvalue weighted by molar-refractivity contribution is 5.94. The van der Waals surface area contributed by atoms with Crippen LogP contribution < -0.4 is 0 Å². The van der Waals surface area contributed by atoms with Gasteiger partial charge in [-0.3, -0.25) is 4.79 Å². The van der Waals surface area contributed by atoms with Crippen molar-refractivity contribution >= 4 is 16.9 Å². The topological polar surface area (TPSA) is 38.1 Å². The molecule has 1 saturated heterocycles. The van der Waals surface area contributed by atoms with Gasteiger partial charge in [-0.2, -0.15) is 0 Å². The lowest BCUT2D eigenvalue weighted by atomic mass is 9.96. The van der Waals surface area contributed by atoms with Gasteiger partial charge >= 0.3 is 0 Å². The van der Waals surface area contributed by atoms with Crippen LogP contribution in [0.4, 0.5) is 0 Å². The van der Waals surface area contributed by atoms with Crippen molar-refractivity contribution in [3.05, 3.63) is 41.7 Å². The number of rotatable bonds is 3. The molecule has 0 bridgehead atoms. The third-order valence-corrected chi connectivity index (χ3v) is 5.53. The second kappa shape index (κ2) is 6.66. The van der Waals surface area contributed by atoms with E-state index in [4.69, 9.17) is 4.98 Å². The number of hydrogen-bond acceptors (Lipinski definition) is 2. The van der Waals surface area contributed by atoms with Crippen molar-refractivity contribution in [1.82, 2.24) is 14.5 Å². The van der Waals surface area contributed by atoms with E-state index >= 15 is 0 Å². The van der Waals surface area contributed by atoms with Gasteiger partial charge < -0.3 is 9.47 Å². The number of piperidine rings is 1. The molecular weight excluding hydrogens is 310 g/mol. The average molecular weight is 337 g/mol. The van der Waals surface area contributed by atoms with E-state index in [1.807, 2.05) is 6.07 Å². The van der Waals surface area contributed by atoms with Gasteiger partial charge in [0, 0.05) is 30.6 Å². The summed E-state index contributed by atoms with van der Waals surface area (Å²) >= 11 is 0. The molecule has 0 saturated carbocycles. The van der Waals surface area contributed by atoms with Crippen LogP contribution >= 0.6 is 0 Å². The largest absolute Gasteiger partial charge is 0.338 e. The van der Waals surface area contributed by atoms with Crippen molar-refractivity contribution in [2.24, 2.45) is 0 Å². The molecule has 4 nitrogen and oxygen atoms in total. The minimum Gasteiger partial charge on any atom is -0.338 e. The van der Waals surface area contributed by atoms with Gasteiger partial charge in [-0.25, -0.2) is 4.98 Å². The van der Waals surface area contributed by atoms with Crippen molar-refractivity contribution in [3.63, 3.8) is 0 Å². The maximum Gasteiger partial charge on any atom is 0.249 e. The van der Waals surface area contributed by atoms with Crippen molar-refractivity contribution in [2.75, 3.05) is 13.1 Å². The number of nitrogens with zero attached hydrogens (tertiary/aromatic N) is 3. The number of carbonyl (C=O) groups is 1. The molecule has 0 N–H and O–H groups in total. The number of fused-ring (bicyclic) bond motifs is 1. The molecule has 1 aromatic heterocycles. The molecule has 1 fully saturated rings. The molecule has 2 aliphatic rings. The van der Waals surface area contributed by atoms with Gasteiger partial charge in [0.15, 0.2) is 0 Å². The first-order valence-electron chi connectivity index (χ1n) is 9.60. The van der Waals surface area contributed by atoms with Crippen LogP contribution in [0.2, 0.25) is 0 Å². The summed E-state index contributed by atoms with van der Waals surface area (Å²) in [6.07, 6.45) is 7.44. The Hall–Kier alpha value is -2.10. The van der Waals surface area contributed by atoms with E-state index < -0.39 is 0 Å². The van der Waals surface area contributed by atoms with E-state index in [1.165, 1.54) is 5.52 Å². The zero-order chi connectivity index (χ0) is 17.4. The third-order valence-electron chi connectivity index (χ3n) is 5.53. The lowest BCUT2D eigenvalue weighted by Gasteiger charge is -2.33. The normalized spacial score (nSPS) is 21.2. The highest BCUT2D eigenvalue weighted by Crippen LogP contribution is 2.32. The highest BCUT2D eigenvalue weighted by atomic mass is 16.2. The molecule has 2 aromatic rings. The average Bonchev–Trinajstić information content (AvgIpc) is 3.28. The Morgan fingerprint density at radius 3 is 2.84 bits per heavy atom. The first-order valence-corrected chi connectivity index (χ1v) is 9.60. The Bertz CT molecular complexity index is 818. The van der Waals surface area contributed by atoms with Crippen LogP contribution in [0.5, 0.6) is 0 Å². The number of imidazole rings is 1. The number of carbonyl (C=O) groups excluding carboxylic acids is 1. The van der Waals surface area contributed by atoms with E-state index in [2.05, 4.69) is 47.6 Å². The van der Waals surface area contributed by atoms with Crippen molar-refractivity contribution in [3.8, 4) is 0 Å². The molecule has 0 radical (unpaired) electrons. The number of hydrogen-bond donors (Lipinski definition) is 0. The minimum absolute atomic E-state index is 0.259. The first kappa shape index (κ1) is 16.4. The van der Waals surface area contributed by atoms with E-state index in [0.717, 1.165) is 62.1 Å². The molecule has 0 unspecified atom stereocenters. The Labute approximate surface area is 149 Å². The summed E-state index contributed by atoms with van der Waals surface area (Å²) in [5, 5.41) is 0. The lowest BCUT2D eigenvalue weighted by molar-refractivity contribution is -0.128. The molecule has 1 aliphatic carbocycles. The number of amides is 1. The summed E-state index contributed by atoms with van der Waals surface area (Å²) in [6.45, 7) is 6.11. The van der Waals surface area contributed by atoms with E-state index in [0.29, 0.717) is 12.0 Å². The van der Waals surface area contributed by atoms with Gasteiger partial charge in [-0.1, -0.05) is 18.2 Å². The summed E-state index contributed by atoms with van der Waals surface area (Å²) in [6, 6.07) is 8.74. The second-order valence-electron chi connectivity index (χ2n) is 7.63. The molecule has 1 aromatic carbocycles. The highest BCUT2D eigenvalue weighted by Gasteiger charge is 2.30. The smallest absolute Gasteiger partial charge is 0.249 e. The Morgan fingerprint density at radius 1 is 1.24 bits per heavy atom. The van der Waals surface area contributed by atoms with Gasteiger partial charge in [0.1, 0.15) is 5.82 Å². The van der Waals surface area contributed by atoms with Crippen LogP contribution in [0.25, 0.3) is 11.0 Å². The summed E-state index contributed by atoms with van der Waals surface area (Å²) in [5.41, 5.74) is 3.29. The number of para-hydroxylation sites is 2. The fraction of sp³-hybridized carbons (Fsp3) is 0.524. The lowest BCUT2D eigenvalue weighted by Crippen LogP contribution is -2.40. The van der Waals surface area contributed by atoms with Crippen LogP contribution in [0, 0.1) is 0 Å². The number of likely N-dealkylation sites (tertiary alicyclic amines) is 1.